The molecule has 9 nitrogen and oxygen atoms in total. The van der Waals surface area contributed by atoms with Crippen LogP contribution in [0.4, 0.5) is 0 Å². The highest BCUT2D eigenvalue weighted by Crippen LogP contribution is 2.54. The summed E-state index contributed by atoms with van der Waals surface area (Å²) in [5, 5.41) is 52.8. The lowest BCUT2D eigenvalue weighted by molar-refractivity contribution is 0.241. The van der Waals surface area contributed by atoms with E-state index < -0.39 is 11.8 Å². The van der Waals surface area contributed by atoms with Gasteiger partial charge in [-0.25, -0.2) is 0 Å². The van der Waals surface area contributed by atoms with E-state index in [-0.39, 0.29) is 47.0 Å². The molecule has 2 heterocycles. The Hall–Kier alpha value is -4.92. The molecule has 0 aliphatic carbocycles. The van der Waals surface area contributed by atoms with E-state index in [2.05, 4.69) is 0 Å². The highest BCUT2D eigenvalue weighted by Gasteiger charge is 2.38. The maximum Gasteiger partial charge on any atom is 0.200 e. The molecule has 0 unspecified atom stereocenters. The van der Waals surface area contributed by atoms with Crippen LogP contribution in [-0.4, -0.2) is 53.0 Å². The van der Waals surface area contributed by atoms with Crippen molar-refractivity contribution in [1.29, 1.82) is 0 Å². The fourth-order valence-electron chi connectivity index (χ4n) is 6.00. The van der Waals surface area contributed by atoms with Gasteiger partial charge in [0.1, 0.15) is 34.5 Å². The van der Waals surface area contributed by atoms with Crippen molar-refractivity contribution in [3.05, 3.63) is 88.5 Å². The minimum atomic E-state index is -0.485. The standard InChI is InChI=1S/C32H30O9/c1-38-26-8-7-20(31(36)32(26)37)24-15-41-29-11-19(34)5-6-21(29)30(24)23-12-22(25(35)13-28(23)39-2)17-9-16-3-4-18(33)10-27(16)40-14-17/h3-8,10-13,17,24,30,33-37H,9,14-15H2,1-2H3/t17-,24-,30-/m0/s1. The summed E-state index contributed by atoms with van der Waals surface area (Å²) in [6.07, 6.45) is 0.587. The first-order chi connectivity index (χ1) is 19.8. The van der Waals surface area contributed by atoms with E-state index in [0.717, 1.165) is 16.7 Å². The van der Waals surface area contributed by atoms with E-state index in [4.69, 9.17) is 18.9 Å². The van der Waals surface area contributed by atoms with Gasteiger partial charge in [-0.15, -0.1) is 0 Å². The van der Waals surface area contributed by atoms with Gasteiger partial charge >= 0.3 is 0 Å². The molecule has 0 amide bonds. The second-order valence-corrected chi connectivity index (χ2v) is 10.3. The van der Waals surface area contributed by atoms with Crippen molar-refractivity contribution in [2.24, 2.45) is 0 Å². The Morgan fingerprint density at radius 3 is 2.07 bits per heavy atom. The van der Waals surface area contributed by atoms with Gasteiger partial charge in [-0.3, -0.25) is 0 Å². The fraction of sp³-hybridized carbons (Fsp3) is 0.250. The number of fused-ring (bicyclic) bond motifs is 2. The number of phenolic OH excluding ortho intramolecular Hbond substituents is 5. The van der Waals surface area contributed by atoms with Gasteiger partial charge in [0, 0.05) is 58.2 Å². The van der Waals surface area contributed by atoms with E-state index in [1.54, 1.807) is 48.5 Å². The molecular formula is C32H30O9. The smallest absolute Gasteiger partial charge is 0.200 e. The van der Waals surface area contributed by atoms with Crippen LogP contribution < -0.4 is 18.9 Å². The molecule has 4 aromatic carbocycles. The lowest BCUT2D eigenvalue weighted by Gasteiger charge is -2.36. The number of benzene rings is 4. The maximum absolute atomic E-state index is 11.1. The molecule has 0 radical (unpaired) electrons. The third-order valence-electron chi connectivity index (χ3n) is 8.03. The third kappa shape index (κ3) is 4.53. The average Bonchev–Trinajstić information content (AvgIpc) is 2.97. The Morgan fingerprint density at radius 2 is 1.32 bits per heavy atom. The zero-order chi connectivity index (χ0) is 28.8. The van der Waals surface area contributed by atoms with Crippen molar-refractivity contribution in [2.75, 3.05) is 27.4 Å². The number of ether oxygens (including phenoxy) is 4. The summed E-state index contributed by atoms with van der Waals surface area (Å²) >= 11 is 0. The van der Waals surface area contributed by atoms with E-state index in [0.29, 0.717) is 41.4 Å². The number of hydrogen-bond acceptors (Lipinski definition) is 9. The second-order valence-electron chi connectivity index (χ2n) is 10.3. The minimum absolute atomic E-state index is 0.0494. The quantitative estimate of drug-likeness (QED) is 0.208. The normalized spacial score (nSPS) is 19.3. The van der Waals surface area contributed by atoms with Crippen molar-refractivity contribution < 1.29 is 44.5 Å². The Morgan fingerprint density at radius 1 is 0.634 bits per heavy atom. The molecule has 0 fully saturated rings. The van der Waals surface area contributed by atoms with Crippen molar-refractivity contribution in [1.82, 2.24) is 0 Å². The maximum atomic E-state index is 11.1. The Bertz CT molecular complexity index is 1630. The number of aromatic hydroxyl groups is 5. The number of hydrogen-bond donors (Lipinski definition) is 5. The SMILES string of the molecule is COc1cc(O)c([C@@H]2COc3cc(O)ccc3C2)cc1[C@@H]1c2ccc(O)cc2OC[C@H]1c1ccc(OC)c(O)c1O. The average molecular weight is 559 g/mol. The van der Waals surface area contributed by atoms with E-state index >= 15 is 0 Å². The minimum Gasteiger partial charge on any atom is -0.508 e. The number of methoxy groups -OCH3 is 2. The van der Waals surface area contributed by atoms with Crippen molar-refractivity contribution in [2.45, 2.75) is 24.2 Å². The van der Waals surface area contributed by atoms with E-state index in [9.17, 15) is 25.5 Å². The first-order valence-corrected chi connectivity index (χ1v) is 13.2. The van der Waals surface area contributed by atoms with Gasteiger partial charge in [-0.2, -0.15) is 0 Å². The van der Waals surface area contributed by atoms with Gasteiger partial charge in [0.2, 0.25) is 5.75 Å². The van der Waals surface area contributed by atoms with Gasteiger partial charge in [-0.05, 0) is 36.2 Å². The monoisotopic (exact) mass is 558 g/mol. The molecule has 2 aliphatic heterocycles. The summed E-state index contributed by atoms with van der Waals surface area (Å²) in [5.74, 6) is 0.0785. The van der Waals surface area contributed by atoms with E-state index in [1.165, 1.54) is 14.2 Å². The van der Waals surface area contributed by atoms with E-state index in [1.807, 2.05) is 12.1 Å². The van der Waals surface area contributed by atoms with Crippen LogP contribution in [0.3, 0.4) is 0 Å². The van der Waals surface area contributed by atoms with Gasteiger partial charge in [0.25, 0.3) is 0 Å². The number of phenols is 5. The van der Waals surface area contributed by atoms with Gasteiger partial charge in [0.15, 0.2) is 11.5 Å². The first-order valence-electron chi connectivity index (χ1n) is 13.2. The zero-order valence-corrected chi connectivity index (χ0v) is 22.5. The summed E-state index contributed by atoms with van der Waals surface area (Å²) < 4.78 is 22.9. The molecule has 41 heavy (non-hydrogen) atoms. The summed E-state index contributed by atoms with van der Waals surface area (Å²) in [6.45, 7) is 0.424. The fourth-order valence-corrected chi connectivity index (χ4v) is 6.00. The molecule has 0 saturated heterocycles. The van der Waals surface area contributed by atoms with Crippen LogP contribution in [0, 0.1) is 0 Å². The highest BCUT2D eigenvalue weighted by atomic mass is 16.5. The Balaban J connectivity index is 1.50. The highest BCUT2D eigenvalue weighted by molar-refractivity contribution is 5.61. The molecule has 9 heteroatoms. The molecule has 0 saturated carbocycles. The van der Waals surface area contributed by atoms with Crippen LogP contribution in [-0.2, 0) is 6.42 Å². The summed E-state index contributed by atoms with van der Waals surface area (Å²) in [6, 6.07) is 16.6. The molecule has 0 spiro atoms. The third-order valence-corrected chi connectivity index (χ3v) is 8.03. The largest absolute Gasteiger partial charge is 0.508 e. The molecule has 2 aliphatic rings. The molecule has 0 bridgehead atoms. The van der Waals surface area contributed by atoms with Crippen LogP contribution in [0.15, 0.2) is 60.7 Å². The zero-order valence-electron chi connectivity index (χ0n) is 22.5. The molecule has 4 aromatic rings. The van der Waals surface area contributed by atoms with Crippen LogP contribution in [0.25, 0.3) is 0 Å². The van der Waals surface area contributed by atoms with Crippen LogP contribution in [0.2, 0.25) is 0 Å². The molecular weight excluding hydrogens is 528 g/mol. The predicted octanol–water partition coefficient (Wildman–Crippen LogP) is 5.26. The van der Waals surface area contributed by atoms with Crippen LogP contribution >= 0.6 is 0 Å². The molecule has 6 rings (SSSR count). The van der Waals surface area contributed by atoms with Crippen molar-refractivity contribution >= 4 is 0 Å². The topological polar surface area (TPSA) is 138 Å². The van der Waals surface area contributed by atoms with Gasteiger partial charge in [-0.1, -0.05) is 18.2 Å². The van der Waals surface area contributed by atoms with Crippen LogP contribution in [0.1, 0.15) is 45.6 Å². The summed E-state index contributed by atoms with van der Waals surface area (Å²) in [7, 11) is 2.93. The first kappa shape index (κ1) is 26.3. The predicted molar refractivity (Wildman–Crippen MR) is 149 cm³/mol. The summed E-state index contributed by atoms with van der Waals surface area (Å²) in [5.41, 5.74) is 3.49. The Labute approximate surface area is 236 Å². The van der Waals surface area contributed by atoms with Gasteiger partial charge < -0.3 is 44.5 Å². The number of rotatable bonds is 5. The second kappa shape index (κ2) is 10.2. The van der Waals surface area contributed by atoms with Gasteiger partial charge in [0.05, 0.1) is 27.4 Å². The van der Waals surface area contributed by atoms with Crippen molar-refractivity contribution in [3.63, 3.8) is 0 Å². The molecule has 3 atom stereocenters. The Kier molecular flexibility index (Phi) is 6.57. The molecule has 0 aromatic heterocycles. The van der Waals surface area contributed by atoms with Crippen LogP contribution in [0.5, 0.6) is 51.7 Å². The molecule has 212 valence electrons. The molecule has 5 N–H and O–H groups in total. The van der Waals surface area contributed by atoms with Crippen molar-refractivity contribution in [3.8, 4) is 51.7 Å². The lowest BCUT2D eigenvalue weighted by atomic mass is 9.74. The lowest BCUT2D eigenvalue weighted by Crippen LogP contribution is -2.26. The summed E-state index contributed by atoms with van der Waals surface area (Å²) in [4.78, 5) is 0.